The van der Waals surface area contributed by atoms with Crippen molar-refractivity contribution in [2.24, 2.45) is 0 Å². The molecule has 0 unspecified atom stereocenters. The van der Waals surface area contributed by atoms with Crippen LogP contribution in [-0.4, -0.2) is 44.1 Å². The van der Waals surface area contributed by atoms with E-state index in [-0.39, 0.29) is 18.0 Å². The molecule has 120 valence electrons. The van der Waals surface area contributed by atoms with E-state index >= 15 is 0 Å². The maximum absolute atomic E-state index is 12.5. The first-order valence-corrected chi connectivity index (χ1v) is 8.91. The highest BCUT2D eigenvalue weighted by atomic mass is 32.2. The van der Waals surface area contributed by atoms with E-state index in [0.717, 1.165) is 31.5 Å². The summed E-state index contributed by atoms with van der Waals surface area (Å²) in [5, 5.41) is 12.3. The molecule has 2 N–H and O–H groups in total. The number of hydrogen-bond acceptors (Lipinski definition) is 4. The zero-order chi connectivity index (χ0) is 15.7. The molecule has 5 nitrogen and oxygen atoms in total. The van der Waals surface area contributed by atoms with Gasteiger partial charge in [0.15, 0.2) is 0 Å². The van der Waals surface area contributed by atoms with Crippen molar-refractivity contribution in [2.45, 2.75) is 38.1 Å². The minimum absolute atomic E-state index is 0.135. The number of aliphatic hydroxyl groups excluding tert-OH is 1. The van der Waals surface area contributed by atoms with Crippen molar-refractivity contribution in [1.29, 1.82) is 0 Å². The molecular weight excluding hydrogens is 288 g/mol. The van der Waals surface area contributed by atoms with Gasteiger partial charge in [0.2, 0.25) is 10.0 Å². The van der Waals surface area contributed by atoms with E-state index in [1.165, 1.54) is 4.31 Å². The smallest absolute Gasteiger partial charge is 0.243 e. The van der Waals surface area contributed by atoms with Crippen molar-refractivity contribution in [3.05, 3.63) is 29.8 Å². The van der Waals surface area contributed by atoms with Crippen molar-refractivity contribution in [2.75, 3.05) is 26.2 Å². The van der Waals surface area contributed by atoms with Crippen LogP contribution in [0, 0.1) is 0 Å². The van der Waals surface area contributed by atoms with Crippen LogP contribution in [0.3, 0.4) is 0 Å². The van der Waals surface area contributed by atoms with E-state index in [4.69, 9.17) is 5.11 Å². The summed E-state index contributed by atoms with van der Waals surface area (Å²) in [4.78, 5) is 0.281. The van der Waals surface area contributed by atoms with Crippen LogP contribution in [0.15, 0.2) is 29.2 Å². The van der Waals surface area contributed by atoms with Crippen LogP contribution in [0.1, 0.15) is 32.3 Å². The first-order valence-electron chi connectivity index (χ1n) is 7.46. The monoisotopic (exact) mass is 314 g/mol. The van der Waals surface area contributed by atoms with E-state index in [0.29, 0.717) is 6.54 Å². The third kappa shape index (κ3) is 5.39. The Kier molecular flexibility index (Phi) is 7.88. The molecule has 0 saturated heterocycles. The summed E-state index contributed by atoms with van der Waals surface area (Å²) in [6, 6.07) is 6.94. The summed E-state index contributed by atoms with van der Waals surface area (Å²) >= 11 is 0. The molecule has 1 rings (SSSR count). The van der Waals surface area contributed by atoms with Crippen molar-refractivity contribution >= 4 is 10.0 Å². The Hall–Kier alpha value is -0.950. The highest BCUT2D eigenvalue weighted by Crippen LogP contribution is 2.16. The molecule has 0 amide bonds. The van der Waals surface area contributed by atoms with Gasteiger partial charge >= 0.3 is 0 Å². The molecule has 0 bridgehead atoms. The topological polar surface area (TPSA) is 69.6 Å². The zero-order valence-corrected chi connectivity index (χ0v) is 13.7. The largest absolute Gasteiger partial charge is 0.395 e. The Labute approximate surface area is 128 Å². The Morgan fingerprint density at radius 3 is 2.29 bits per heavy atom. The molecule has 0 radical (unpaired) electrons. The lowest BCUT2D eigenvalue weighted by Gasteiger charge is -2.20. The number of benzene rings is 1. The first-order chi connectivity index (χ1) is 10.1. The summed E-state index contributed by atoms with van der Waals surface area (Å²) in [5.41, 5.74) is 1.06. The van der Waals surface area contributed by atoms with Gasteiger partial charge in [-0.25, -0.2) is 8.42 Å². The molecule has 0 spiro atoms. The van der Waals surface area contributed by atoms with Gasteiger partial charge < -0.3 is 10.4 Å². The molecule has 21 heavy (non-hydrogen) atoms. The van der Waals surface area contributed by atoms with Crippen molar-refractivity contribution in [3.63, 3.8) is 0 Å². The summed E-state index contributed by atoms with van der Waals surface area (Å²) in [7, 11) is -3.51. The Balaban J connectivity index is 2.82. The standard InChI is InChI=1S/C15H26N2O3S/c1-3-9-16-13-14-5-7-15(8-6-14)21(19,20)17(10-4-2)11-12-18/h5-8,16,18H,3-4,9-13H2,1-2H3. The van der Waals surface area contributed by atoms with E-state index in [1.807, 2.05) is 19.1 Å². The number of aliphatic hydroxyl groups is 1. The second kappa shape index (κ2) is 9.15. The molecule has 1 aromatic carbocycles. The number of hydrogen-bond donors (Lipinski definition) is 2. The fourth-order valence-electron chi connectivity index (χ4n) is 2.05. The summed E-state index contributed by atoms with van der Waals surface area (Å²) in [6.45, 7) is 6.09. The maximum atomic E-state index is 12.5. The van der Waals surface area contributed by atoms with Crippen LogP contribution in [0.25, 0.3) is 0 Å². The fraction of sp³-hybridized carbons (Fsp3) is 0.600. The van der Waals surface area contributed by atoms with E-state index in [9.17, 15) is 8.42 Å². The van der Waals surface area contributed by atoms with Gasteiger partial charge in [0.1, 0.15) is 0 Å². The number of rotatable bonds is 10. The molecule has 0 atom stereocenters. The summed E-state index contributed by atoms with van der Waals surface area (Å²) < 4.78 is 26.3. The Morgan fingerprint density at radius 2 is 1.76 bits per heavy atom. The van der Waals surface area contributed by atoms with Gasteiger partial charge in [-0.15, -0.1) is 0 Å². The van der Waals surface area contributed by atoms with Crippen LogP contribution in [0.4, 0.5) is 0 Å². The van der Waals surface area contributed by atoms with Crippen LogP contribution >= 0.6 is 0 Å². The minimum atomic E-state index is -3.51. The average molecular weight is 314 g/mol. The minimum Gasteiger partial charge on any atom is -0.395 e. The van der Waals surface area contributed by atoms with Gasteiger partial charge in [0.25, 0.3) is 0 Å². The van der Waals surface area contributed by atoms with Crippen molar-refractivity contribution < 1.29 is 13.5 Å². The van der Waals surface area contributed by atoms with E-state index in [1.54, 1.807) is 12.1 Å². The predicted molar refractivity (Wildman–Crippen MR) is 84.6 cm³/mol. The highest BCUT2D eigenvalue weighted by molar-refractivity contribution is 7.89. The molecule has 0 aliphatic rings. The molecular formula is C15H26N2O3S. The van der Waals surface area contributed by atoms with Gasteiger partial charge in [0, 0.05) is 19.6 Å². The van der Waals surface area contributed by atoms with Gasteiger partial charge in [-0.3, -0.25) is 0 Å². The number of sulfonamides is 1. The average Bonchev–Trinajstić information content (AvgIpc) is 2.48. The molecule has 0 heterocycles. The first kappa shape index (κ1) is 18.1. The Morgan fingerprint density at radius 1 is 1.10 bits per heavy atom. The molecule has 0 aliphatic heterocycles. The lowest BCUT2D eigenvalue weighted by molar-refractivity contribution is 0.253. The molecule has 0 saturated carbocycles. The molecule has 6 heteroatoms. The maximum Gasteiger partial charge on any atom is 0.243 e. The normalized spacial score (nSPS) is 12.0. The van der Waals surface area contributed by atoms with Crippen LogP contribution < -0.4 is 5.32 Å². The number of nitrogens with zero attached hydrogens (tertiary/aromatic N) is 1. The van der Waals surface area contributed by atoms with Gasteiger partial charge in [-0.05, 0) is 37.1 Å². The lowest BCUT2D eigenvalue weighted by Crippen LogP contribution is -2.34. The highest BCUT2D eigenvalue weighted by Gasteiger charge is 2.22. The predicted octanol–water partition coefficient (Wildman–Crippen LogP) is 1.58. The van der Waals surface area contributed by atoms with Gasteiger partial charge in [-0.2, -0.15) is 4.31 Å². The van der Waals surface area contributed by atoms with E-state index < -0.39 is 10.0 Å². The van der Waals surface area contributed by atoms with Gasteiger partial charge in [-0.1, -0.05) is 26.0 Å². The second-order valence-corrected chi connectivity index (χ2v) is 6.89. The van der Waals surface area contributed by atoms with Crippen LogP contribution in [-0.2, 0) is 16.6 Å². The third-order valence-corrected chi connectivity index (χ3v) is 5.05. The fourth-order valence-corrected chi connectivity index (χ4v) is 3.57. The SMILES string of the molecule is CCCNCc1ccc(S(=O)(=O)N(CCC)CCO)cc1. The van der Waals surface area contributed by atoms with Crippen LogP contribution in [0.5, 0.6) is 0 Å². The molecule has 0 aliphatic carbocycles. The third-order valence-electron chi connectivity index (χ3n) is 3.14. The summed E-state index contributed by atoms with van der Waals surface area (Å²) in [5.74, 6) is 0. The number of nitrogens with one attached hydrogen (secondary N) is 1. The Bertz CT molecular complexity index is 494. The summed E-state index contributed by atoms with van der Waals surface area (Å²) in [6.07, 6.45) is 1.79. The lowest BCUT2D eigenvalue weighted by atomic mass is 10.2. The second-order valence-electron chi connectivity index (χ2n) is 4.95. The quantitative estimate of drug-likeness (QED) is 0.643. The van der Waals surface area contributed by atoms with E-state index in [2.05, 4.69) is 12.2 Å². The molecule has 0 aromatic heterocycles. The van der Waals surface area contributed by atoms with Gasteiger partial charge in [0.05, 0.1) is 11.5 Å². The van der Waals surface area contributed by atoms with Crippen molar-refractivity contribution in [1.82, 2.24) is 9.62 Å². The zero-order valence-electron chi connectivity index (χ0n) is 12.9. The molecule has 1 aromatic rings. The van der Waals surface area contributed by atoms with Crippen molar-refractivity contribution in [3.8, 4) is 0 Å². The van der Waals surface area contributed by atoms with Crippen LogP contribution in [0.2, 0.25) is 0 Å². The molecule has 0 fully saturated rings.